The lowest BCUT2D eigenvalue weighted by molar-refractivity contribution is -0.257. The van der Waals surface area contributed by atoms with Gasteiger partial charge in [0.05, 0.1) is 0 Å². The quantitative estimate of drug-likeness (QED) is 0.219. The van der Waals surface area contributed by atoms with Crippen molar-refractivity contribution in [1.29, 1.82) is 0 Å². The van der Waals surface area contributed by atoms with Gasteiger partial charge in [0.1, 0.15) is 4.33 Å². The molecule has 1 aliphatic rings. The third-order valence-corrected chi connectivity index (χ3v) is 5.63. The minimum absolute atomic E-state index is 0.272. The summed E-state index contributed by atoms with van der Waals surface area (Å²) >= 11 is 12.7. The second-order valence-electron chi connectivity index (χ2n) is 6.62. The van der Waals surface area contributed by atoms with Crippen LogP contribution in [0.3, 0.4) is 0 Å². The van der Waals surface area contributed by atoms with E-state index in [1.54, 1.807) is 0 Å². The molecular weight excluding hydrogens is 319 g/mol. The molecule has 0 radical (unpaired) electrons. The summed E-state index contributed by atoms with van der Waals surface area (Å²) < 4.78 is 11.4. The Kier molecular flexibility index (Phi) is 9.07. The van der Waals surface area contributed by atoms with E-state index in [4.69, 9.17) is 32.7 Å². The van der Waals surface area contributed by atoms with E-state index in [0.717, 1.165) is 12.8 Å². The van der Waals surface area contributed by atoms with Gasteiger partial charge in [-0.15, -0.1) is 23.2 Å². The molecule has 4 heteroatoms. The predicted octanol–water partition coefficient (Wildman–Crippen LogP) is 6.34. The molecule has 0 aromatic heterocycles. The minimum atomic E-state index is -0.581. The van der Waals surface area contributed by atoms with Crippen molar-refractivity contribution in [3.8, 4) is 0 Å². The van der Waals surface area contributed by atoms with E-state index in [1.165, 1.54) is 38.5 Å². The molecule has 0 bridgehead atoms. The Labute approximate surface area is 147 Å². The van der Waals surface area contributed by atoms with Crippen LogP contribution in [-0.4, -0.2) is 23.3 Å². The maximum Gasteiger partial charge on any atom is 0.168 e. The predicted molar refractivity (Wildman–Crippen MR) is 95.7 cm³/mol. The Bertz CT molecular complexity index is 301. The van der Waals surface area contributed by atoms with E-state index >= 15 is 0 Å². The molecule has 1 saturated carbocycles. The van der Waals surface area contributed by atoms with E-state index in [-0.39, 0.29) is 11.8 Å². The fourth-order valence-electron chi connectivity index (χ4n) is 3.47. The summed E-state index contributed by atoms with van der Waals surface area (Å²) in [7, 11) is 0. The van der Waals surface area contributed by atoms with Gasteiger partial charge < -0.3 is 9.47 Å². The molecule has 0 aromatic carbocycles. The smallest absolute Gasteiger partial charge is 0.168 e. The normalized spacial score (nSPS) is 21.8. The monoisotopic (exact) mass is 352 g/mol. The number of hydrogen-bond donors (Lipinski definition) is 0. The van der Waals surface area contributed by atoms with E-state index < -0.39 is 10.1 Å². The molecule has 0 aromatic rings. The zero-order valence-electron chi connectivity index (χ0n) is 14.8. The van der Waals surface area contributed by atoms with Crippen LogP contribution in [0.4, 0.5) is 0 Å². The summed E-state index contributed by atoms with van der Waals surface area (Å²) in [5, 5.41) is 0. The molecule has 1 fully saturated rings. The highest BCUT2D eigenvalue weighted by molar-refractivity contribution is 6.50. The highest BCUT2D eigenvalue weighted by Crippen LogP contribution is 2.60. The van der Waals surface area contributed by atoms with Crippen molar-refractivity contribution in [2.45, 2.75) is 89.2 Å². The molecule has 0 saturated heterocycles. The van der Waals surface area contributed by atoms with Crippen LogP contribution in [0.5, 0.6) is 0 Å². The van der Waals surface area contributed by atoms with Gasteiger partial charge in [-0.1, -0.05) is 45.4 Å². The van der Waals surface area contributed by atoms with Gasteiger partial charge in [0.25, 0.3) is 0 Å². The summed E-state index contributed by atoms with van der Waals surface area (Å²) in [6.45, 7) is 9.63. The molecule has 1 rings (SSSR count). The number of ether oxygens (including phenoxy) is 2. The first-order valence-corrected chi connectivity index (χ1v) is 9.82. The van der Waals surface area contributed by atoms with Crippen LogP contribution in [0, 0.1) is 11.8 Å². The maximum absolute atomic E-state index is 6.34. The summed E-state index contributed by atoms with van der Waals surface area (Å²) in [5.74, 6) is -0.00788. The van der Waals surface area contributed by atoms with Crippen molar-refractivity contribution in [3.05, 3.63) is 0 Å². The van der Waals surface area contributed by atoms with Crippen LogP contribution in [0.25, 0.3) is 0 Å². The van der Waals surface area contributed by atoms with E-state index in [9.17, 15) is 0 Å². The van der Waals surface area contributed by atoms with Crippen LogP contribution >= 0.6 is 23.2 Å². The molecule has 132 valence electrons. The maximum atomic E-state index is 6.34. The lowest BCUT2D eigenvalue weighted by atomic mass is 9.88. The van der Waals surface area contributed by atoms with Gasteiger partial charge in [-0.05, 0) is 33.6 Å². The first kappa shape index (κ1) is 20.5. The van der Waals surface area contributed by atoms with E-state index in [2.05, 4.69) is 13.8 Å². The van der Waals surface area contributed by atoms with Crippen LogP contribution in [-0.2, 0) is 9.47 Å². The molecule has 1 aliphatic carbocycles. The molecule has 2 unspecified atom stereocenters. The average molecular weight is 353 g/mol. The lowest BCUT2D eigenvalue weighted by Gasteiger charge is -2.38. The minimum Gasteiger partial charge on any atom is -0.350 e. The van der Waals surface area contributed by atoms with Crippen molar-refractivity contribution in [2.75, 3.05) is 13.2 Å². The van der Waals surface area contributed by atoms with E-state index in [0.29, 0.717) is 13.2 Å². The van der Waals surface area contributed by atoms with Crippen LogP contribution in [0.15, 0.2) is 0 Å². The van der Waals surface area contributed by atoms with Crippen molar-refractivity contribution in [1.82, 2.24) is 0 Å². The van der Waals surface area contributed by atoms with Crippen molar-refractivity contribution >= 4 is 23.2 Å². The number of rotatable bonds is 13. The van der Waals surface area contributed by atoms with Gasteiger partial charge >= 0.3 is 0 Å². The van der Waals surface area contributed by atoms with Crippen molar-refractivity contribution in [3.63, 3.8) is 0 Å². The van der Waals surface area contributed by atoms with Gasteiger partial charge in [-0.25, -0.2) is 0 Å². The third-order valence-electron chi connectivity index (χ3n) is 4.76. The SMILES string of the molecule is CCCCCCCCC(C1CC1(Cl)Cl)C(C)(OCC)OCC. The topological polar surface area (TPSA) is 18.5 Å². The Morgan fingerprint density at radius 2 is 1.50 bits per heavy atom. The van der Waals surface area contributed by atoms with Crippen molar-refractivity contribution < 1.29 is 9.47 Å². The highest BCUT2D eigenvalue weighted by atomic mass is 35.5. The largest absolute Gasteiger partial charge is 0.350 e. The summed E-state index contributed by atoms with van der Waals surface area (Å²) in [5.41, 5.74) is 0. The Hall–Kier alpha value is 0.500. The second-order valence-corrected chi connectivity index (χ2v) is 8.16. The molecule has 2 atom stereocenters. The van der Waals surface area contributed by atoms with Gasteiger partial charge in [0.15, 0.2) is 5.79 Å². The molecule has 0 amide bonds. The number of halogens is 2. The fraction of sp³-hybridized carbons (Fsp3) is 1.00. The van der Waals surface area contributed by atoms with Crippen LogP contribution < -0.4 is 0 Å². The number of unbranched alkanes of at least 4 members (excludes halogenated alkanes) is 5. The zero-order chi connectivity index (χ0) is 16.6. The molecule has 0 spiro atoms. The number of alkyl halides is 2. The Morgan fingerprint density at radius 3 is 1.95 bits per heavy atom. The highest BCUT2D eigenvalue weighted by Gasteiger charge is 2.60. The van der Waals surface area contributed by atoms with Gasteiger partial charge in [0.2, 0.25) is 0 Å². The fourth-order valence-corrected chi connectivity index (χ4v) is 4.11. The van der Waals surface area contributed by atoms with Crippen LogP contribution in [0.2, 0.25) is 0 Å². The third kappa shape index (κ3) is 6.19. The molecule has 0 N–H and O–H groups in total. The van der Waals surface area contributed by atoms with E-state index in [1.807, 2.05) is 13.8 Å². The van der Waals surface area contributed by atoms with Crippen molar-refractivity contribution in [2.24, 2.45) is 11.8 Å². The molecular formula is C18H34Cl2O2. The zero-order valence-corrected chi connectivity index (χ0v) is 16.3. The molecule has 2 nitrogen and oxygen atoms in total. The number of hydrogen-bond acceptors (Lipinski definition) is 2. The Balaban J connectivity index is 2.56. The molecule has 0 aliphatic heterocycles. The molecule has 22 heavy (non-hydrogen) atoms. The van der Waals surface area contributed by atoms with Gasteiger partial charge in [-0.3, -0.25) is 0 Å². The average Bonchev–Trinajstić information content (AvgIpc) is 3.06. The van der Waals surface area contributed by atoms with Gasteiger partial charge in [-0.2, -0.15) is 0 Å². The van der Waals surface area contributed by atoms with Gasteiger partial charge in [0, 0.05) is 25.0 Å². The summed E-state index contributed by atoms with van der Waals surface area (Å²) in [6.07, 6.45) is 9.69. The first-order valence-electron chi connectivity index (χ1n) is 9.07. The van der Waals surface area contributed by atoms with Crippen LogP contribution in [0.1, 0.15) is 79.1 Å². The summed E-state index contributed by atoms with van der Waals surface area (Å²) in [6, 6.07) is 0. The molecule has 0 heterocycles. The second kappa shape index (κ2) is 9.71. The lowest BCUT2D eigenvalue weighted by Crippen LogP contribution is -2.43. The summed E-state index contributed by atoms with van der Waals surface area (Å²) in [4.78, 5) is 0. The first-order chi connectivity index (χ1) is 10.4. The Morgan fingerprint density at radius 1 is 1.00 bits per heavy atom. The standard InChI is InChI=1S/C18H34Cl2O2/c1-5-8-9-10-11-12-13-15(16-14-18(16,19)20)17(4,21-6-2)22-7-3/h15-16H,5-14H2,1-4H3.